The number of aromatic nitrogens is 4. The first kappa shape index (κ1) is 18.7. The first-order chi connectivity index (χ1) is 13.6. The summed E-state index contributed by atoms with van der Waals surface area (Å²) in [5.74, 6) is 1.07. The molecule has 1 aromatic carbocycles. The number of likely N-dealkylation sites (tertiary alicyclic amines) is 1. The molecule has 1 amide bonds. The molecule has 3 heterocycles. The minimum absolute atomic E-state index is 0.0125. The van der Waals surface area contributed by atoms with Crippen molar-refractivity contribution in [1.82, 2.24) is 25.3 Å². The number of piperidine rings is 1. The molecule has 2 aromatic heterocycles. The smallest absolute Gasteiger partial charge is 0.241 e. The molecule has 1 aliphatic rings. The average molecular weight is 398 g/mol. The predicted molar refractivity (Wildman–Crippen MR) is 106 cm³/mol. The van der Waals surface area contributed by atoms with Crippen molar-refractivity contribution in [3.05, 3.63) is 41.1 Å². The van der Waals surface area contributed by atoms with Gasteiger partial charge in [-0.2, -0.15) is 0 Å². The van der Waals surface area contributed by atoms with Gasteiger partial charge in [0.05, 0.1) is 12.6 Å². The maximum atomic E-state index is 13.0. The van der Waals surface area contributed by atoms with E-state index in [0.29, 0.717) is 18.3 Å². The van der Waals surface area contributed by atoms with Crippen molar-refractivity contribution in [2.75, 3.05) is 11.9 Å². The zero-order valence-corrected chi connectivity index (χ0v) is 16.7. The Labute approximate surface area is 167 Å². The topological polar surface area (TPSA) is 97.0 Å². The maximum Gasteiger partial charge on any atom is 0.241 e. The number of hydrogen-bond donors (Lipinski definition) is 1. The van der Waals surface area contributed by atoms with Gasteiger partial charge >= 0.3 is 0 Å². The van der Waals surface area contributed by atoms with E-state index in [0.717, 1.165) is 47.1 Å². The molecule has 0 bridgehead atoms. The number of carbonyl (C=O) groups is 1. The van der Waals surface area contributed by atoms with E-state index < -0.39 is 0 Å². The van der Waals surface area contributed by atoms with Crippen LogP contribution in [0.2, 0.25) is 0 Å². The molecule has 0 saturated carbocycles. The third-order valence-corrected chi connectivity index (χ3v) is 5.61. The first-order valence-corrected chi connectivity index (χ1v) is 10.1. The lowest BCUT2D eigenvalue weighted by molar-refractivity contribution is -0.122. The van der Waals surface area contributed by atoms with Gasteiger partial charge in [0, 0.05) is 18.2 Å². The van der Waals surface area contributed by atoms with Crippen LogP contribution < -0.4 is 5.32 Å². The van der Waals surface area contributed by atoms with Gasteiger partial charge in [-0.3, -0.25) is 9.69 Å². The lowest BCUT2D eigenvalue weighted by Crippen LogP contribution is -2.46. The normalized spacial score (nSPS) is 17.6. The lowest BCUT2D eigenvalue weighted by atomic mass is 10.0. The Balaban J connectivity index is 1.47. The number of benzene rings is 1. The number of hydrogen-bond acceptors (Lipinski definition) is 8. The minimum atomic E-state index is -0.214. The van der Waals surface area contributed by atoms with Crippen molar-refractivity contribution in [3.63, 3.8) is 0 Å². The molecule has 1 N–H and O–H groups in total. The van der Waals surface area contributed by atoms with Gasteiger partial charge in [-0.05, 0) is 38.4 Å². The van der Waals surface area contributed by atoms with Crippen LogP contribution in [0, 0.1) is 13.8 Å². The SMILES string of the molecule is Cc1nnc(CN2CCCCC2C(=O)Nc2cccc(-c3nnc(C)s3)c2)o1. The second-order valence-corrected chi connectivity index (χ2v) is 8.07. The maximum absolute atomic E-state index is 13.0. The van der Waals surface area contributed by atoms with Gasteiger partial charge in [0.25, 0.3) is 0 Å². The summed E-state index contributed by atoms with van der Waals surface area (Å²) >= 11 is 1.53. The quantitative estimate of drug-likeness (QED) is 0.705. The van der Waals surface area contributed by atoms with Gasteiger partial charge in [-0.25, -0.2) is 0 Å². The molecule has 9 heteroatoms. The highest BCUT2D eigenvalue weighted by Gasteiger charge is 2.30. The number of amides is 1. The fourth-order valence-electron chi connectivity index (χ4n) is 3.42. The highest BCUT2D eigenvalue weighted by atomic mass is 32.1. The molecule has 146 valence electrons. The third-order valence-electron chi connectivity index (χ3n) is 4.73. The van der Waals surface area contributed by atoms with Gasteiger partial charge in [0.15, 0.2) is 0 Å². The standard InChI is InChI=1S/C19H22N6O2S/c1-12-21-23-17(27-12)11-25-9-4-3-8-16(25)18(26)20-15-7-5-6-14(10-15)19-24-22-13(2)28-19/h5-7,10,16H,3-4,8-9,11H2,1-2H3,(H,20,26). The highest BCUT2D eigenvalue weighted by Crippen LogP contribution is 2.26. The number of aryl methyl sites for hydroxylation is 2. The number of anilines is 1. The fraction of sp³-hybridized carbons (Fsp3) is 0.421. The lowest BCUT2D eigenvalue weighted by Gasteiger charge is -2.33. The molecule has 8 nitrogen and oxygen atoms in total. The monoisotopic (exact) mass is 398 g/mol. The molecular weight excluding hydrogens is 376 g/mol. The van der Waals surface area contributed by atoms with Crippen LogP contribution in [-0.4, -0.2) is 43.8 Å². The largest absolute Gasteiger partial charge is 0.424 e. The molecular formula is C19H22N6O2S. The summed E-state index contributed by atoms with van der Waals surface area (Å²) in [7, 11) is 0. The van der Waals surface area contributed by atoms with Crippen molar-refractivity contribution in [2.45, 2.75) is 45.7 Å². The van der Waals surface area contributed by atoms with Gasteiger partial charge in [-0.15, -0.1) is 20.4 Å². The molecule has 1 unspecified atom stereocenters. The summed E-state index contributed by atoms with van der Waals surface area (Å²) in [6.07, 6.45) is 2.90. The van der Waals surface area contributed by atoms with E-state index in [4.69, 9.17) is 4.42 Å². The van der Waals surface area contributed by atoms with Crippen molar-refractivity contribution < 1.29 is 9.21 Å². The molecule has 0 radical (unpaired) electrons. The molecule has 0 aliphatic carbocycles. The van der Waals surface area contributed by atoms with Crippen LogP contribution in [0.4, 0.5) is 5.69 Å². The number of nitrogens with zero attached hydrogens (tertiary/aromatic N) is 5. The van der Waals surface area contributed by atoms with Crippen LogP contribution in [-0.2, 0) is 11.3 Å². The van der Waals surface area contributed by atoms with Crippen molar-refractivity contribution >= 4 is 22.9 Å². The van der Waals surface area contributed by atoms with Crippen LogP contribution in [0.1, 0.15) is 36.1 Å². The first-order valence-electron chi connectivity index (χ1n) is 9.33. The Kier molecular flexibility index (Phi) is 5.45. The summed E-state index contributed by atoms with van der Waals surface area (Å²) in [5.41, 5.74) is 1.71. The zero-order chi connectivity index (χ0) is 19.5. The van der Waals surface area contributed by atoms with Crippen LogP contribution in [0.3, 0.4) is 0 Å². The van der Waals surface area contributed by atoms with Crippen molar-refractivity contribution in [3.8, 4) is 10.6 Å². The van der Waals surface area contributed by atoms with E-state index in [9.17, 15) is 4.79 Å². The third kappa shape index (κ3) is 4.26. The van der Waals surface area contributed by atoms with Gasteiger partial charge in [-0.1, -0.05) is 29.9 Å². The molecule has 1 aliphatic heterocycles. The molecule has 28 heavy (non-hydrogen) atoms. The molecule has 3 aromatic rings. The Hall–Kier alpha value is -2.65. The van der Waals surface area contributed by atoms with E-state index in [1.165, 1.54) is 11.3 Å². The predicted octanol–water partition coefficient (Wildman–Crippen LogP) is 3.20. The Morgan fingerprint density at radius 3 is 2.89 bits per heavy atom. The van der Waals surface area contributed by atoms with Crippen LogP contribution >= 0.6 is 11.3 Å². The van der Waals surface area contributed by atoms with E-state index in [1.807, 2.05) is 31.2 Å². The van der Waals surface area contributed by atoms with E-state index >= 15 is 0 Å². The molecule has 1 fully saturated rings. The summed E-state index contributed by atoms with van der Waals surface area (Å²) < 4.78 is 5.49. The zero-order valence-electron chi connectivity index (χ0n) is 15.9. The average Bonchev–Trinajstić information content (AvgIpc) is 3.30. The van der Waals surface area contributed by atoms with Crippen LogP contribution in [0.5, 0.6) is 0 Å². The number of nitrogens with one attached hydrogen (secondary N) is 1. The van der Waals surface area contributed by atoms with Gasteiger partial charge < -0.3 is 9.73 Å². The van der Waals surface area contributed by atoms with Crippen LogP contribution in [0.15, 0.2) is 28.7 Å². The van der Waals surface area contributed by atoms with Crippen molar-refractivity contribution in [2.24, 2.45) is 0 Å². The van der Waals surface area contributed by atoms with E-state index in [1.54, 1.807) is 6.92 Å². The minimum Gasteiger partial charge on any atom is -0.424 e. The van der Waals surface area contributed by atoms with Gasteiger partial charge in [0.1, 0.15) is 10.0 Å². The summed E-state index contributed by atoms with van der Waals surface area (Å²) in [4.78, 5) is 15.1. The van der Waals surface area contributed by atoms with E-state index in [-0.39, 0.29) is 11.9 Å². The van der Waals surface area contributed by atoms with Crippen molar-refractivity contribution in [1.29, 1.82) is 0 Å². The second-order valence-electron chi connectivity index (χ2n) is 6.89. The summed E-state index contributed by atoms with van der Waals surface area (Å²) in [6, 6.07) is 7.51. The molecule has 1 saturated heterocycles. The Bertz CT molecular complexity index is 969. The Morgan fingerprint density at radius 1 is 1.25 bits per heavy atom. The number of rotatable bonds is 5. The second kappa shape index (κ2) is 8.15. The fourth-order valence-corrected chi connectivity index (χ4v) is 4.11. The highest BCUT2D eigenvalue weighted by molar-refractivity contribution is 7.14. The summed E-state index contributed by atoms with van der Waals surface area (Å²) in [6.45, 7) is 5.02. The molecule has 0 spiro atoms. The molecule has 4 rings (SSSR count). The number of carbonyl (C=O) groups excluding carboxylic acids is 1. The summed E-state index contributed by atoms with van der Waals surface area (Å²) in [5, 5.41) is 21.0. The van der Waals surface area contributed by atoms with Crippen LogP contribution in [0.25, 0.3) is 10.6 Å². The van der Waals surface area contributed by atoms with Gasteiger partial charge in [0.2, 0.25) is 17.7 Å². The Morgan fingerprint density at radius 2 is 2.14 bits per heavy atom. The molecule has 1 atom stereocenters. The van der Waals surface area contributed by atoms with E-state index in [2.05, 4.69) is 30.6 Å².